The van der Waals surface area contributed by atoms with Gasteiger partial charge in [0.05, 0.1) is 7.11 Å². The van der Waals surface area contributed by atoms with Gasteiger partial charge in [-0.1, -0.05) is 19.3 Å². The highest BCUT2D eigenvalue weighted by molar-refractivity contribution is 5.85. The van der Waals surface area contributed by atoms with E-state index in [4.69, 9.17) is 14.7 Å². The molecule has 5 heteroatoms. The number of hydrogen-bond donors (Lipinski definition) is 0. The molecule has 3 aromatic rings. The minimum absolute atomic E-state index is 0.581. The summed E-state index contributed by atoms with van der Waals surface area (Å²) in [5.74, 6) is 2.59. The van der Waals surface area contributed by atoms with Crippen LogP contribution in [0.25, 0.3) is 10.9 Å². The van der Waals surface area contributed by atoms with Crippen LogP contribution in [0.1, 0.15) is 60.7 Å². The van der Waals surface area contributed by atoms with Gasteiger partial charge in [-0.2, -0.15) is 0 Å². The van der Waals surface area contributed by atoms with Crippen LogP contribution in [0.2, 0.25) is 0 Å². The van der Waals surface area contributed by atoms with Crippen LogP contribution < -0.4 is 4.74 Å². The maximum Gasteiger partial charge on any atom is 0.131 e. The zero-order valence-electron chi connectivity index (χ0n) is 17.5. The summed E-state index contributed by atoms with van der Waals surface area (Å²) < 4.78 is 7.65. The number of nitrogens with zero attached hydrogens (tertiary/aromatic N) is 4. The predicted octanol–water partition coefficient (Wildman–Crippen LogP) is 4.58. The smallest absolute Gasteiger partial charge is 0.131 e. The van der Waals surface area contributed by atoms with E-state index in [2.05, 4.69) is 41.0 Å². The van der Waals surface area contributed by atoms with Crippen molar-refractivity contribution in [1.29, 1.82) is 0 Å². The Balaban J connectivity index is 1.34. The molecule has 0 radical (unpaired) electrons. The predicted molar refractivity (Wildman–Crippen MR) is 115 cm³/mol. The molecule has 0 unspecified atom stereocenters. The molecule has 3 heterocycles. The molecule has 1 aromatic carbocycles. The van der Waals surface area contributed by atoms with Gasteiger partial charge < -0.3 is 9.30 Å². The molecule has 29 heavy (non-hydrogen) atoms. The Morgan fingerprint density at radius 3 is 2.86 bits per heavy atom. The fourth-order valence-electron chi connectivity index (χ4n) is 5.03. The molecule has 5 nitrogen and oxygen atoms in total. The van der Waals surface area contributed by atoms with Gasteiger partial charge in [-0.15, -0.1) is 0 Å². The summed E-state index contributed by atoms with van der Waals surface area (Å²) in [5.41, 5.74) is 5.17. The van der Waals surface area contributed by atoms with Crippen molar-refractivity contribution in [3.63, 3.8) is 0 Å². The van der Waals surface area contributed by atoms with Crippen molar-refractivity contribution < 1.29 is 4.74 Å². The zero-order chi connectivity index (χ0) is 19.8. The summed E-state index contributed by atoms with van der Waals surface area (Å²) in [7, 11) is 3.84. The SMILES string of the molecule is COc1ccc2c(c1)c(CN1CCc3nc(C4CCCCC4)ncc3C1)cn2C. The Morgan fingerprint density at radius 2 is 2.03 bits per heavy atom. The lowest BCUT2D eigenvalue weighted by atomic mass is 9.88. The normalized spacial score (nSPS) is 18.1. The van der Waals surface area contributed by atoms with Crippen molar-refractivity contribution in [2.75, 3.05) is 13.7 Å². The number of fused-ring (bicyclic) bond motifs is 2. The molecule has 0 spiro atoms. The topological polar surface area (TPSA) is 43.2 Å². The largest absolute Gasteiger partial charge is 0.497 e. The highest BCUT2D eigenvalue weighted by Gasteiger charge is 2.23. The van der Waals surface area contributed by atoms with Crippen molar-refractivity contribution >= 4 is 10.9 Å². The highest BCUT2D eigenvalue weighted by atomic mass is 16.5. The Bertz CT molecular complexity index is 1020. The summed E-state index contributed by atoms with van der Waals surface area (Å²) in [6.45, 7) is 2.92. The van der Waals surface area contributed by atoms with E-state index in [0.717, 1.165) is 37.6 Å². The Morgan fingerprint density at radius 1 is 1.17 bits per heavy atom. The zero-order valence-corrected chi connectivity index (χ0v) is 17.5. The third kappa shape index (κ3) is 3.64. The van der Waals surface area contributed by atoms with Gasteiger partial charge >= 0.3 is 0 Å². The minimum atomic E-state index is 0.581. The van der Waals surface area contributed by atoms with Crippen LogP contribution in [0.15, 0.2) is 30.6 Å². The molecule has 1 aliphatic heterocycles. The third-order valence-electron chi connectivity index (χ3n) is 6.68. The van der Waals surface area contributed by atoms with Crippen molar-refractivity contribution in [3.8, 4) is 5.75 Å². The summed E-state index contributed by atoms with van der Waals surface area (Å²) in [4.78, 5) is 12.3. The number of hydrogen-bond acceptors (Lipinski definition) is 4. The number of ether oxygens (including phenoxy) is 1. The van der Waals surface area contributed by atoms with Gasteiger partial charge in [-0.05, 0) is 36.6 Å². The highest BCUT2D eigenvalue weighted by Crippen LogP contribution is 2.32. The van der Waals surface area contributed by atoms with E-state index in [1.165, 1.54) is 59.8 Å². The minimum Gasteiger partial charge on any atom is -0.497 e. The van der Waals surface area contributed by atoms with E-state index in [1.54, 1.807) is 7.11 Å². The van der Waals surface area contributed by atoms with E-state index in [0.29, 0.717) is 5.92 Å². The number of rotatable bonds is 4. The Hall–Kier alpha value is -2.40. The van der Waals surface area contributed by atoms with Crippen LogP contribution in [-0.2, 0) is 26.6 Å². The van der Waals surface area contributed by atoms with Crippen LogP contribution in [0.3, 0.4) is 0 Å². The van der Waals surface area contributed by atoms with Crippen LogP contribution in [0, 0.1) is 0 Å². The van der Waals surface area contributed by atoms with Crippen molar-refractivity contribution in [1.82, 2.24) is 19.4 Å². The van der Waals surface area contributed by atoms with E-state index in [9.17, 15) is 0 Å². The molecule has 0 amide bonds. The summed E-state index contributed by atoms with van der Waals surface area (Å²) in [5, 5.41) is 1.28. The van der Waals surface area contributed by atoms with Gasteiger partial charge in [0.2, 0.25) is 0 Å². The van der Waals surface area contributed by atoms with Crippen LogP contribution in [0.5, 0.6) is 5.75 Å². The first-order valence-electron chi connectivity index (χ1n) is 10.9. The van der Waals surface area contributed by atoms with E-state index in [1.807, 2.05) is 6.07 Å². The molecule has 1 saturated carbocycles. The molecule has 2 aliphatic rings. The first-order chi connectivity index (χ1) is 14.2. The van der Waals surface area contributed by atoms with Gasteiger partial charge in [0.25, 0.3) is 0 Å². The maximum absolute atomic E-state index is 5.44. The van der Waals surface area contributed by atoms with Gasteiger partial charge in [0, 0.05) is 73.6 Å². The fourth-order valence-corrected chi connectivity index (χ4v) is 5.03. The van der Waals surface area contributed by atoms with Crippen LogP contribution in [0.4, 0.5) is 0 Å². The van der Waals surface area contributed by atoms with Crippen molar-refractivity contribution in [2.24, 2.45) is 7.05 Å². The van der Waals surface area contributed by atoms with Gasteiger partial charge in [0.1, 0.15) is 11.6 Å². The lowest BCUT2D eigenvalue weighted by molar-refractivity contribution is 0.243. The second kappa shape index (κ2) is 7.79. The van der Waals surface area contributed by atoms with Crippen molar-refractivity contribution in [2.45, 2.75) is 57.5 Å². The van der Waals surface area contributed by atoms with E-state index < -0.39 is 0 Å². The first-order valence-corrected chi connectivity index (χ1v) is 10.9. The van der Waals surface area contributed by atoms with Gasteiger partial charge in [-0.25, -0.2) is 9.97 Å². The fraction of sp³-hybridized carbons (Fsp3) is 0.500. The molecule has 0 bridgehead atoms. The molecule has 152 valence electrons. The quantitative estimate of drug-likeness (QED) is 0.654. The monoisotopic (exact) mass is 390 g/mol. The molecule has 0 atom stereocenters. The third-order valence-corrected chi connectivity index (χ3v) is 6.68. The Labute approximate surface area is 172 Å². The summed E-state index contributed by atoms with van der Waals surface area (Å²) in [6, 6.07) is 6.33. The molecule has 1 fully saturated rings. The Kier molecular flexibility index (Phi) is 5.00. The van der Waals surface area contributed by atoms with Gasteiger partial charge in [0.15, 0.2) is 0 Å². The molecule has 1 aliphatic carbocycles. The maximum atomic E-state index is 5.44. The number of aromatic nitrogens is 3. The van der Waals surface area contributed by atoms with Gasteiger partial charge in [-0.3, -0.25) is 4.90 Å². The van der Waals surface area contributed by atoms with E-state index >= 15 is 0 Å². The lowest BCUT2D eigenvalue weighted by Gasteiger charge is -2.29. The molecular weight excluding hydrogens is 360 g/mol. The summed E-state index contributed by atoms with van der Waals surface area (Å²) in [6.07, 6.45) is 11.9. The summed E-state index contributed by atoms with van der Waals surface area (Å²) >= 11 is 0. The first kappa shape index (κ1) is 18.6. The average molecular weight is 391 g/mol. The van der Waals surface area contributed by atoms with Crippen molar-refractivity contribution in [3.05, 3.63) is 53.2 Å². The average Bonchev–Trinajstić information content (AvgIpc) is 3.08. The number of aryl methyl sites for hydroxylation is 1. The van der Waals surface area contributed by atoms with Crippen LogP contribution in [-0.4, -0.2) is 33.1 Å². The second-order valence-electron chi connectivity index (χ2n) is 8.64. The number of methoxy groups -OCH3 is 1. The van der Waals surface area contributed by atoms with Crippen LogP contribution >= 0.6 is 0 Å². The molecule has 0 N–H and O–H groups in total. The molecule has 5 rings (SSSR count). The lowest BCUT2D eigenvalue weighted by Crippen LogP contribution is -2.31. The van der Waals surface area contributed by atoms with E-state index in [-0.39, 0.29) is 0 Å². The second-order valence-corrected chi connectivity index (χ2v) is 8.64. The molecular formula is C24H30N4O. The number of benzene rings is 1. The molecule has 0 saturated heterocycles. The molecule has 2 aromatic heterocycles. The standard InChI is InChI=1S/C24H30N4O/c1-27-14-19(21-12-20(29-2)8-9-23(21)27)16-28-11-10-22-18(15-28)13-25-24(26-22)17-6-4-3-5-7-17/h8-9,12-14,17H,3-7,10-11,15-16H2,1-2H3.